The first kappa shape index (κ1) is 25.0. The van der Waals surface area contributed by atoms with E-state index in [1.807, 2.05) is 0 Å². The summed E-state index contributed by atoms with van der Waals surface area (Å²) in [4.78, 5) is 0. The quantitative estimate of drug-likeness (QED) is 0.267. The Morgan fingerprint density at radius 2 is 1.03 bits per heavy atom. The molecule has 0 aliphatic heterocycles. The third-order valence-electron chi connectivity index (χ3n) is 6.39. The van der Waals surface area contributed by atoms with Gasteiger partial charge in [-0.3, -0.25) is 4.39 Å². The Morgan fingerprint density at radius 3 is 1.42 bits per heavy atom. The first-order valence-corrected chi connectivity index (χ1v) is 12.5. The van der Waals surface area contributed by atoms with Gasteiger partial charge in [-0.2, -0.15) is 0 Å². The van der Waals surface area contributed by atoms with Crippen LogP contribution in [0.2, 0.25) is 0 Å². The van der Waals surface area contributed by atoms with E-state index < -0.39 is 0 Å². The van der Waals surface area contributed by atoms with Gasteiger partial charge in [-0.15, -0.1) is 0 Å². The van der Waals surface area contributed by atoms with Gasteiger partial charge in [0, 0.05) is 0 Å². The monoisotopic (exact) mass is 442 g/mol. The highest BCUT2D eigenvalue weighted by molar-refractivity contribution is 5.90. The second kappa shape index (κ2) is 12.0. The maximum absolute atomic E-state index is 12.3. The molecule has 0 heterocycles. The summed E-state index contributed by atoms with van der Waals surface area (Å²) in [6.07, 6.45) is 3.84. The van der Waals surface area contributed by atoms with Gasteiger partial charge < -0.3 is 0 Å². The Kier molecular flexibility index (Phi) is 9.06. The summed E-state index contributed by atoms with van der Waals surface area (Å²) in [7, 11) is 0. The van der Waals surface area contributed by atoms with Gasteiger partial charge in [0.2, 0.25) is 0 Å². The van der Waals surface area contributed by atoms with E-state index in [4.69, 9.17) is 0 Å². The fourth-order valence-electron chi connectivity index (χ4n) is 4.80. The van der Waals surface area contributed by atoms with E-state index in [9.17, 15) is 4.39 Å². The number of hydrogen-bond acceptors (Lipinski definition) is 0. The summed E-state index contributed by atoms with van der Waals surface area (Å²) >= 11 is 0. The molecule has 4 rings (SSSR count). The first-order chi connectivity index (χ1) is 16.0. The number of fused-ring (bicyclic) bond motifs is 2. The molecule has 0 saturated heterocycles. The van der Waals surface area contributed by atoms with Crippen molar-refractivity contribution in [2.45, 2.75) is 72.1 Å². The summed E-state index contributed by atoms with van der Waals surface area (Å²) in [6.45, 7) is 11.0. The van der Waals surface area contributed by atoms with Crippen LogP contribution < -0.4 is 0 Å². The Morgan fingerprint density at radius 1 is 0.606 bits per heavy atom. The Labute approximate surface area is 199 Å². The molecule has 0 amide bonds. The molecular formula is C32H39F. The van der Waals surface area contributed by atoms with Crippen molar-refractivity contribution in [1.29, 1.82) is 0 Å². The molecule has 0 bridgehead atoms. The van der Waals surface area contributed by atoms with Crippen LogP contribution in [-0.4, -0.2) is 6.67 Å². The number of aryl methyl sites for hydroxylation is 2. The molecule has 0 nitrogen and oxygen atoms in total. The highest BCUT2D eigenvalue weighted by Gasteiger charge is 2.09. The summed E-state index contributed by atoms with van der Waals surface area (Å²) in [6, 6.07) is 26.1. The van der Waals surface area contributed by atoms with Gasteiger partial charge in [-0.1, -0.05) is 114 Å². The lowest BCUT2D eigenvalue weighted by Gasteiger charge is -2.13. The molecule has 0 spiro atoms. The minimum absolute atomic E-state index is 0.236. The van der Waals surface area contributed by atoms with Gasteiger partial charge in [0.25, 0.3) is 0 Å². The largest absolute Gasteiger partial charge is 0.251 e. The number of halogens is 1. The molecule has 33 heavy (non-hydrogen) atoms. The lowest BCUT2D eigenvalue weighted by Crippen LogP contribution is -1.95. The molecule has 0 aromatic heterocycles. The Balaban J connectivity index is 0.000000186. The van der Waals surface area contributed by atoms with E-state index in [-0.39, 0.29) is 6.67 Å². The van der Waals surface area contributed by atoms with Crippen LogP contribution in [0.25, 0.3) is 21.5 Å². The standard InChI is InChI=1S/C16H19F.C16H20/c1-12(2)15-10-4-8-13-6-3-7-14(16(13)15)9-5-11-17;1-4-7-13-8-5-9-14-10-6-11-15(12(2)3)16(13)14/h3-4,6-8,10,12H,5,9,11H2,1-2H3;5-6,8-12H,4,7H2,1-3H3. The topological polar surface area (TPSA) is 0 Å². The van der Waals surface area contributed by atoms with Crippen molar-refractivity contribution in [3.8, 4) is 0 Å². The molecule has 4 aromatic rings. The molecule has 0 aliphatic rings. The molecule has 0 radical (unpaired) electrons. The first-order valence-electron chi connectivity index (χ1n) is 12.5. The minimum Gasteiger partial charge on any atom is -0.251 e. The van der Waals surface area contributed by atoms with Crippen molar-refractivity contribution in [2.24, 2.45) is 0 Å². The molecule has 1 heteroatoms. The number of rotatable bonds is 7. The number of hydrogen-bond donors (Lipinski definition) is 0. The van der Waals surface area contributed by atoms with Crippen LogP contribution in [0.3, 0.4) is 0 Å². The van der Waals surface area contributed by atoms with Crippen molar-refractivity contribution in [3.63, 3.8) is 0 Å². The van der Waals surface area contributed by atoms with Crippen molar-refractivity contribution < 1.29 is 4.39 Å². The molecule has 4 aromatic carbocycles. The van der Waals surface area contributed by atoms with E-state index in [1.165, 1.54) is 56.6 Å². The second-order valence-electron chi connectivity index (χ2n) is 9.58. The van der Waals surface area contributed by atoms with Gasteiger partial charge in [0.1, 0.15) is 0 Å². The summed E-state index contributed by atoms with van der Waals surface area (Å²) < 4.78 is 12.3. The van der Waals surface area contributed by atoms with Crippen LogP contribution in [0, 0.1) is 0 Å². The number of benzene rings is 4. The van der Waals surface area contributed by atoms with Gasteiger partial charge in [0.05, 0.1) is 6.67 Å². The van der Waals surface area contributed by atoms with Crippen LogP contribution in [-0.2, 0) is 12.8 Å². The van der Waals surface area contributed by atoms with Crippen molar-refractivity contribution in [2.75, 3.05) is 6.67 Å². The van der Waals surface area contributed by atoms with Gasteiger partial charge in [0.15, 0.2) is 0 Å². The van der Waals surface area contributed by atoms with Crippen LogP contribution in [0.1, 0.15) is 81.5 Å². The zero-order valence-corrected chi connectivity index (χ0v) is 21.0. The molecule has 0 aliphatic carbocycles. The molecule has 0 atom stereocenters. The Bertz CT molecular complexity index is 1160. The van der Waals surface area contributed by atoms with Crippen molar-refractivity contribution >= 4 is 21.5 Å². The van der Waals surface area contributed by atoms with Gasteiger partial charge >= 0.3 is 0 Å². The van der Waals surface area contributed by atoms with Gasteiger partial charge in [-0.05, 0) is 74.9 Å². The van der Waals surface area contributed by atoms with E-state index >= 15 is 0 Å². The average molecular weight is 443 g/mol. The predicted octanol–water partition coefficient (Wildman–Crippen LogP) is 9.78. The molecule has 0 unspecified atom stereocenters. The summed E-state index contributed by atoms with van der Waals surface area (Å²) in [5, 5.41) is 5.48. The molecule has 0 fully saturated rings. The predicted molar refractivity (Wildman–Crippen MR) is 144 cm³/mol. The maximum Gasteiger partial charge on any atom is 0.0897 e. The van der Waals surface area contributed by atoms with Crippen molar-refractivity contribution in [3.05, 3.63) is 95.1 Å². The highest BCUT2D eigenvalue weighted by Crippen LogP contribution is 2.30. The number of alkyl halides is 1. The van der Waals surface area contributed by atoms with Crippen LogP contribution in [0.4, 0.5) is 4.39 Å². The Hall–Kier alpha value is -2.67. The van der Waals surface area contributed by atoms with Crippen LogP contribution in [0.15, 0.2) is 72.8 Å². The molecule has 0 saturated carbocycles. The molecule has 0 N–H and O–H groups in total. The van der Waals surface area contributed by atoms with E-state index in [0.717, 1.165) is 6.42 Å². The van der Waals surface area contributed by atoms with Crippen LogP contribution in [0.5, 0.6) is 0 Å². The SMILES string of the molecule is CC(C)c1cccc2cccc(CCCF)c12.CCCc1cccc2cccc(C(C)C)c12. The molecule has 174 valence electrons. The zero-order chi connectivity index (χ0) is 23.8. The minimum atomic E-state index is -0.236. The second-order valence-corrected chi connectivity index (χ2v) is 9.58. The van der Waals surface area contributed by atoms with Crippen LogP contribution >= 0.6 is 0 Å². The van der Waals surface area contributed by atoms with E-state index in [2.05, 4.69) is 107 Å². The van der Waals surface area contributed by atoms with Crippen molar-refractivity contribution in [1.82, 2.24) is 0 Å². The van der Waals surface area contributed by atoms with Gasteiger partial charge in [-0.25, -0.2) is 0 Å². The average Bonchev–Trinajstić information content (AvgIpc) is 2.82. The lowest BCUT2D eigenvalue weighted by molar-refractivity contribution is 0.473. The highest BCUT2D eigenvalue weighted by atomic mass is 19.1. The summed E-state index contributed by atoms with van der Waals surface area (Å²) in [5.74, 6) is 1.10. The molecular weight excluding hydrogens is 403 g/mol. The summed E-state index contributed by atoms with van der Waals surface area (Å²) in [5.41, 5.74) is 5.65. The third kappa shape index (κ3) is 6.02. The fraction of sp³-hybridized carbons (Fsp3) is 0.375. The van der Waals surface area contributed by atoms with E-state index in [0.29, 0.717) is 18.3 Å². The smallest absolute Gasteiger partial charge is 0.0897 e. The normalized spacial score (nSPS) is 11.3. The fourth-order valence-corrected chi connectivity index (χ4v) is 4.80. The maximum atomic E-state index is 12.3. The third-order valence-corrected chi connectivity index (χ3v) is 6.39. The lowest BCUT2D eigenvalue weighted by atomic mass is 9.91. The van der Waals surface area contributed by atoms with E-state index in [1.54, 1.807) is 0 Å². The zero-order valence-electron chi connectivity index (χ0n) is 21.0.